The Labute approximate surface area is 128 Å². The van der Waals surface area contributed by atoms with Gasteiger partial charge in [0.1, 0.15) is 5.82 Å². The minimum atomic E-state index is -3.67. The van der Waals surface area contributed by atoms with Gasteiger partial charge < -0.3 is 5.32 Å². The van der Waals surface area contributed by atoms with E-state index in [1.54, 1.807) is 31.2 Å². The maximum atomic E-state index is 13.5. The van der Waals surface area contributed by atoms with Gasteiger partial charge in [0.05, 0.1) is 5.75 Å². The molecule has 0 saturated carbocycles. The van der Waals surface area contributed by atoms with Crippen molar-refractivity contribution in [3.05, 3.63) is 65.0 Å². The zero-order valence-corrected chi connectivity index (χ0v) is 12.7. The number of rotatable bonds is 4. The summed E-state index contributed by atoms with van der Waals surface area (Å²) in [6.07, 6.45) is 0. The molecule has 0 heterocycles. The number of nitrogens with two attached hydrogens (primary N) is 1. The fraction of sp³-hybridized carbons (Fsp3) is 0.133. The van der Waals surface area contributed by atoms with Gasteiger partial charge in [0.15, 0.2) is 0 Å². The largest absolute Gasteiger partial charge is 0.322 e. The Morgan fingerprint density at radius 2 is 1.95 bits per heavy atom. The molecule has 5 nitrogen and oxygen atoms in total. The number of halogens is 1. The average Bonchev–Trinajstić information content (AvgIpc) is 2.41. The molecule has 0 bridgehead atoms. The molecule has 2 aromatic rings. The van der Waals surface area contributed by atoms with Crippen molar-refractivity contribution in [2.24, 2.45) is 5.14 Å². The summed E-state index contributed by atoms with van der Waals surface area (Å²) >= 11 is 0. The predicted octanol–water partition coefficient (Wildman–Crippen LogP) is 2.17. The van der Waals surface area contributed by atoms with Crippen LogP contribution in [0.1, 0.15) is 21.5 Å². The highest BCUT2D eigenvalue weighted by atomic mass is 32.2. The zero-order chi connectivity index (χ0) is 16.3. The van der Waals surface area contributed by atoms with Crippen molar-refractivity contribution in [2.75, 3.05) is 5.32 Å². The normalized spacial score (nSPS) is 11.2. The molecule has 0 saturated heterocycles. The van der Waals surface area contributed by atoms with Crippen LogP contribution in [0.3, 0.4) is 0 Å². The van der Waals surface area contributed by atoms with Crippen LogP contribution < -0.4 is 10.5 Å². The molecule has 0 aromatic heterocycles. The van der Waals surface area contributed by atoms with Crippen LogP contribution in [0.4, 0.5) is 10.1 Å². The van der Waals surface area contributed by atoms with Crippen molar-refractivity contribution in [1.29, 1.82) is 0 Å². The van der Waals surface area contributed by atoms with Crippen LogP contribution in [0.2, 0.25) is 0 Å². The number of sulfonamides is 1. The molecule has 2 rings (SSSR count). The molecule has 0 aliphatic carbocycles. The number of hydrogen-bond donors (Lipinski definition) is 2. The van der Waals surface area contributed by atoms with Gasteiger partial charge in [-0.3, -0.25) is 4.79 Å². The second-order valence-electron chi connectivity index (χ2n) is 4.93. The summed E-state index contributed by atoms with van der Waals surface area (Å²) in [4.78, 5) is 12.1. The van der Waals surface area contributed by atoms with Gasteiger partial charge in [0.25, 0.3) is 5.91 Å². The van der Waals surface area contributed by atoms with E-state index in [4.69, 9.17) is 5.14 Å². The SMILES string of the molecule is Cc1ccc(NC(=O)c2cccc(CS(N)(=O)=O)c2)cc1F. The highest BCUT2D eigenvalue weighted by Gasteiger charge is 2.10. The third kappa shape index (κ3) is 4.37. The maximum Gasteiger partial charge on any atom is 0.255 e. The summed E-state index contributed by atoms with van der Waals surface area (Å²) in [5.74, 6) is -1.23. The van der Waals surface area contributed by atoms with Gasteiger partial charge in [0, 0.05) is 11.3 Å². The Hall–Kier alpha value is -2.25. The van der Waals surface area contributed by atoms with Crippen molar-refractivity contribution in [3.63, 3.8) is 0 Å². The maximum absolute atomic E-state index is 13.5. The molecule has 0 aliphatic rings. The first kappa shape index (κ1) is 16.1. The van der Waals surface area contributed by atoms with E-state index in [-0.39, 0.29) is 11.3 Å². The molecular formula is C15H15FN2O3S. The Bertz CT molecular complexity index is 819. The third-order valence-electron chi connectivity index (χ3n) is 2.99. The van der Waals surface area contributed by atoms with E-state index in [9.17, 15) is 17.6 Å². The van der Waals surface area contributed by atoms with Crippen molar-refractivity contribution in [2.45, 2.75) is 12.7 Å². The lowest BCUT2D eigenvalue weighted by atomic mass is 10.1. The summed E-state index contributed by atoms with van der Waals surface area (Å²) < 4.78 is 35.6. The molecule has 0 atom stereocenters. The topological polar surface area (TPSA) is 89.3 Å². The third-order valence-corrected chi connectivity index (χ3v) is 3.72. The number of anilines is 1. The molecular weight excluding hydrogens is 307 g/mol. The van der Waals surface area contributed by atoms with E-state index in [1.165, 1.54) is 18.2 Å². The van der Waals surface area contributed by atoms with E-state index in [1.807, 2.05) is 0 Å². The van der Waals surface area contributed by atoms with Crippen molar-refractivity contribution in [3.8, 4) is 0 Å². The van der Waals surface area contributed by atoms with Crippen molar-refractivity contribution in [1.82, 2.24) is 0 Å². The second-order valence-corrected chi connectivity index (χ2v) is 6.54. The van der Waals surface area contributed by atoms with E-state index >= 15 is 0 Å². The van der Waals surface area contributed by atoms with Crippen LogP contribution in [0.15, 0.2) is 42.5 Å². The fourth-order valence-corrected chi connectivity index (χ4v) is 2.55. The molecule has 0 aliphatic heterocycles. The molecule has 0 unspecified atom stereocenters. The van der Waals surface area contributed by atoms with Gasteiger partial charge in [-0.15, -0.1) is 0 Å². The predicted molar refractivity (Wildman–Crippen MR) is 82.3 cm³/mol. The molecule has 2 aromatic carbocycles. The smallest absolute Gasteiger partial charge is 0.255 e. The van der Waals surface area contributed by atoms with Crippen LogP contribution in [-0.2, 0) is 15.8 Å². The molecule has 3 N–H and O–H groups in total. The van der Waals surface area contributed by atoms with Crippen LogP contribution >= 0.6 is 0 Å². The minimum Gasteiger partial charge on any atom is -0.322 e. The van der Waals surface area contributed by atoms with E-state index in [2.05, 4.69) is 5.32 Å². The summed E-state index contributed by atoms with van der Waals surface area (Å²) in [6.45, 7) is 1.62. The van der Waals surface area contributed by atoms with Crippen LogP contribution in [0, 0.1) is 12.7 Å². The van der Waals surface area contributed by atoms with Gasteiger partial charge in [-0.1, -0.05) is 18.2 Å². The van der Waals surface area contributed by atoms with E-state index < -0.39 is 21.7 Å². The molecule has 116 valence electrons. The minimum absolute atomic E-state index is 0.266. The lowest BCUT2D eigenvalue weighted by Gasteiger charge is -2.07. The molecule has 0 spiro atoms. The fourth-order valence-electron chi connectivity index (χ4n) is 1.91. The molecule has 0 fully saturated rings. The Balaban J connectivity index is 2.19. The highest BCUT2D eigenvalue weighted by molar-refractivity contribution is 7.88. The number of hydrogen-bond acceptors (Lipinski definition) is 3. The van der Waals surface area contributed by atoms with Crippen molar-refractivity contribution < 1.29 is 17.6 Å². The highest BCUT2D eigenvalue weighted by Crippen LogP contribution is 2.15. The molecule has 1 amide bonds. The van der Waals surface area contributed by atoms with Crippen LogP contribution in [0.5, 0.6) is 0 Å². The second kappa shape index (κ2) is 6.25. The average molecular weight is 322 g/mol. The Morgan fingerprint density at radius 3 is 2.59 bits per heavy atom. The van der Waals surface area contributed by atoms with Crippen LogP contribution in [0.25, 0.3) is 0 Å². The van der Waals surface area contributed by atoms with Gasteiger partial charge in [-0.25, -0.2) is 17.9 Å². The summed E-state index contributed by atoms with van der Waals surface area (Å²) in [7, 11) is -3.67. The standard InChI is InChI=1S/C15H15FN2O3S/c1-10-5-6-13(8-14(10)16)18-15(19)12-4-2-3-11(7-12)9-22(17,20)21/h2-8H,9H2,1H3,(H,18,19)(H2,17,20,21). The Kier molecular flexibility index (Phi) is 4.58. The van der Waals surface area contributed by atoms with Gasteiger partial charge in [-0.2, -0.15) is 0 Å². The summed E-state index contributed by atoms with van der Waals surface area (Å²) in [5.41, 5.74) is 1.48. The number of primary sulfonamides is 1. The number of nitrogens with one attached hydrogen (secondary N) is 1. The lowest BCUT2D eigenvalue weighted by Crippen LogP contribution is -2.16. The van der Waals surface area contributed by atoms with E-state index in [0.29, 0.717) is 16.8 Å². The number of carbonyl (C=O) groups excluding carboxylic acids is 1. The number of aryl methyl sites for hydroxylation is 1. The van der Waals surface area contributed by atoms with Gasteiger partial charge in [-0.05, 0) is 42.3 Å². The summed E-state index contributed by atoms with van der Waals surface area (Å²) in [5, 5.41) is 7.53. The number of carbonyl (C=O) groups is 1. The first-order chi connectivity index (χ1) is 10.2. The number of amides is 1. The monoisotopic (exact) mass is 322 g/mol. The first-order valence-electron chi connectivity index (χ1n) is 6.41. The zero-order valence-electron chi connectivity index (χ0n) is 11.8. The Morgan fingerprint density at radius 1 is 1.23 bits per heavy atom. The number of benzene rings is 2. The molecule has 0 radical (unpaired) electrons. The first-order valence-corrected chi connectivity index (χ1v) is 8.13. The van der Waals surface area contributed by atoms with Crippen LogP contribution in [-0.4, -0.2) is 14.3 Å². The molecule has 7 heteroatoms. The van der Waals surface area contributed by atoms with Crippen molar-refractivity contribution >= 4 is 21.6 Å². The van der Waals surface area contributed by atoms with E-state index in [0.717, 1.165) is 0 Å². The lowest BCUT2D eigenvalue weighted by molar-refractivity contribution is 0.102. The molecule has 22 heavy (non-hydrogen) atoms. The summed E-state index contributed by atoms with van der Waals surface area (Å²) in [6, 6.07) is 10.5. The quantitative estimate of drug-likeness (QED) is 0.904. The van der Waals surface area contributed by atoms with Gasteiger partial charge in [0.2, 0.25) is 10.0 Å². The van der Waals surface area contributed by atoms with Gasteiger partial charge >= 0.3 is 0 Å².